The zero-order chi connectivity index (χ0) is 13.8. The van der Waals surface area contributed by atoms with Crippen molar-refractivity contribution in [3.63, 3.8) is 0 Å². The molecule has 1 aromatic rings. The van der Waals surface area contributed by atoms with Crippen molar-refractivity contribution in [3.8, 4) is 0 Å². The first-order chi connectivity index (χ1) is 9.81. The molecule has 0 bridgehead atoms. The maximum Gasteiger partial charge on any atom is 0.510 e. The fourth-order valence-electron chi connectivity index (χ4n) is 3.24. The largest absolute Gasteiger partial charge is 0.510 e. The van der Waals surface area contributed by atoms with Crippen LogP contribution in [0.25, 0.3) is 0 Å². The predicted molar refractivity (Wildman–Crippen MR) is 75.0 cm³/mol. The van der Waals surface area contributed by atoms with Crippen molar-refractivity contribution in [2.75, 3.05) is 0 Å². The molecular weight excluding hydrogens is 254 g/mol. The Kier molecular flexibility index (Phi) is 4.21. The Labute approximate surface area is 119 Å². The summed E-state index contributed by atoms with van der Waals surface area (Å²) in [6, 6.07) is 10.2. The molecule has 1 saturated carbocycles. The number of benzene rings is 1. The number of carbonyl (C=O) groups excluding carboxylic acids is 1. The lowest BCUT2D eigenvalue weighted by atomic mass is 9.85. The van der Waals surface area contributed by atoms with E-state index in [0.717, 1.165) is 12.0 Å². The van der Waals surface area contributed by atoms with Gasteiger partial charge in [-0.1, -0.05) is 43.2 Å². The predicted octanol–water partition coefficient (Wildman–Crippen LogP) is 3.22. The summed E-state index contributed by atoms with van der Waals surface area (Å²) in [4.78, 5) is 11.7. The molecular formula is C16H21NO3. The van der Waals surface area contributed by atoms with Crippen LogP contribution in [0.15, 0.2) is 30.3 Å². The molecule has 1 aromatic carbocycles. The maximum atomic E-state index is 11.7. The van der Waals surface area contributed by atoms with Crippen LogP contribution in [-0.4, -0.2) is 18.4 Å². The average molecular weight is 275 g/mol. The summed E-state index contributed by atoms with van der Waals surface area (Å²) in [6.45, 7) is 0.263. The summed E-state index contributed by atoms with van der Waals surface area (Å²) >= 11 is 0. The molecule has 0 radical (unpaired) electrons. The fourth-order valence-corrected chi connectivity index (χ4v) is 3.24. The van der Waals surface area contributed by atoms with Gasteiger partial charge in [0.25, 0.3) is 0 Å². The summed E-state index contributed by atoms with van der Waals surface area (Å²) in [7, 11) is 0. The van der Waals surface area contributed by atoms with Crippen LogP contribution < -0.4 is 5.32 Å². The highest BCUT2D eigenvalue weighted by atomic mass is 16.7. The molecule has 2 aliphatic rings. The Hall–Kier alpha value is -1.55. The minimum absolute atomic E-state index is 0.175. The van der Waals surface area contributed by atoms with Gasteiger partial charge in [0.05, 0.1) is 0 Å². The first-order valence-corrected chi connectivity index (χ1v) is 7.44. The molecule has 0 spiro atoms. The van der Waals surface area contributed by atoms with Crippen molar-refractivity contribution < 1.29 is 14.3 Å². The third-order valence-electron chi connectivity index (χ3n) is 4.26. The second-order valence-electron chi connectivity index (χ2n) is 5.68. The van der Waals surface area contributed by atoms with Gasteiger partial charge in [-0.05, 0) is 24.3 Å². The second-order valence-corrected chi connectivity index (χ2v) is 5.68. The molecule has 108 valence electrons. The number of nitrogens with one attached hydrogen (secondary N) is 1. The van der Waals surface area contributed by atoms with Gasteiger partial charge >= 0.3 is 6.16 Å². The quantitative estimate of drug-likeness (QED) is 0.860. The van der Waals surface area contributed by atoms with E-state index in [1.54, 1.807) is 0 Å². The van der Waals surface area contributed by atoms with Crippen LogP contribution in [0.3, 0.4) is 0 Å². The van der Waals surface area contributed by atoms with Crippen LogP contribution >= 0.6 is 0 Å². The summed E-state index contributed by atoms with van der Waals surface area (Å²) in [6.07, 6.45) is 5.19. The van der Waals surface area contributed by atoms with Gasteiger partial charge in [0.15, 0.2) is 6.23 Å². The minimum atomic E-state index is -0.579. The van der Waals surface area contributed by atoms with E-state index in [-0.39, 0.29) is 12.8 Å². The van der Waals surface area contributed by atoms with E-state index in [2.05, 4.69) is 5.32 Å². The Morgan fingerprint density at radius 3 is 2.80 bits per heavy atom. The topological polar surface area (TPSA) is 47.6 Å². The van der Waals surface area contributed by atoms with E-state index in [0.29, 0.717) is 12.0 Å². The molecule has 1 aliphatic heterocycles. The van der Waals surface area contributed by atoms with Crippen LogP contribution in [0.2, 0.25) is 0 Å². The van der Waals surface area contributed by atoms with Gasteiger partial charge in [-0.25, -0.2) is 4.79 Å². The zero-order valence-electron chi connectivity index (χ0n) is 11.6. The molecule has 4 nitrogen and oxygen atoms in total. The Morgan fingerprint density at radius 2 is 2.00 bits per heavy atom. The molecule has 0 amide bonds. The second kappa shape index (κ2) is 6.27. The minimum Gasteiger partial charge on any atom is -0.429 e. The molecule has 1 heterocycles. The highest BCUT2D eigenvalue weighted by Crippen LogP contribution is 2.33. The van der Waals surface area contributed by atoms with Crippen molar-refractivity contribution in [2.45, 2.75) is 51.0 Å². The number of fused-ring (bicyclic) bond motifs is 1. The lowest BCUT2D eigenvalue weighted by Gasteiger charge is -2.23. The van der Waals surface area contributed by atoms with E-state index in [1.165, 1.54) is 25.7 Å². The monoisotopic (exact) mass is 275 g/mol. The van der Waals surface area contributed by atoms with Gasteiger partial charge in [-0.3, -0.25) is 5.32 Å². The van der Waals surface area contributed by atoms with Crippen molar-refractivity contribution in [2.24, 2.45) is 5.92 Å². The molecule has 1 aliphatic carbocycles. The zero-order valence-corrected chi connectivity index (χ0v) is 11.6. The third kappa shape index (κ3) is 3.31. The van der Waals surface area contributed by atoms with Gasteiger partial charge in [-0.2, -0.15) is 0 Å². The summed E-state index contributed by atoms with van der Waals surface area (Å²) in [5.41, 5.74) is 0.970. The number of hydrogen-bond donors (Lipinski definition) is 1. The molecule has 4 heteroatoms. The molecule has 0 aromatic heterocycles. The smallest absolute Gasteiger partial charge is 0.429 e. The molecule has 1 saturated heterocycles. The van der Waals surface area contributed by atoms with Crippen molar-refractivity contribution in [3.05, 3.63) is 35.9 Å². The van der Waals surface area contributed by atoms with Gasteiger partial charge < -0.3 is 9.47 Å². The van der Waals surface area contributed by atoms with Gasteiger partial charge in [0.2, 0.25) is 0 Å². The number of hydrogen-bond acceptors (Lipinski definition) is 4. The Balaban J connectivity index is 1.43. The highest BCUT2D eigenvalue weighted by Gasteiger charge is 2.37. The van der Waals surface area contributed by atoms with E-state index >= 15 is 0 Å². The Bertz CT molecular complexity index is 434. The van der Waals surface area contributed by atoms with E-state index in [1.807, 2.05) is 30.3 Å². The molecule has 2 fully saturated rings. The van der Waals surface area contributed by atoms with Crippen LogP contribution in [0, 0.1) is 5.92 Å². The summed E-state index contributed by atoms with van der Waals surface area (Å²) in [5.74, 6) is 0.663. The molecule has 1 N–H and O–H groups in total. The summed E-state index contributed by atoms with van der Waals surface area (Å²) < 4.78 is 10.5. The first kappa shape index (κ1) is 13.4. The number of rotatable bonds is 3. The SMILES string of the molecule is O=C(OCc1ccccc1)O[C@H]1C[C@@H]2CCCC[C@@H]2N1. The van der Waals surface area contributed by atoms with Crippen LogP contribution in [0.5, 0.6) is 0 Å². The molecule has 0 unspecified atom stereocenters. The van der Waals surface area contributed by atoms with E-state index in [4.69, 9.17) is 9.47 Å². The lowest BCUT2D eigenvalue weighted by molar-refractivity contribution is 0.0123. The highest BCUT2D eigenvalue weighted by molar-refractivity contribution is 5.60. The van der Waals surface area contributed by atoms with Gasteiger partial charge in [0, 0.05) is 12.5 Å². The van der Waals surface area contributed by atoms with Crippen LogP contribution in [0.1, 0.15) is 37.7 Å². The third-order valence-corrected chi connectivity index (χ3v) is 4.26. The van der Waals surface area contributed by atoms with Gasteiger partial charge in [-0.15, -0.1) is 0 Å². The van der Waals surface area contributed by atoms with Crippen LogP contribution in [-0.2, 0) is 16.1 Å². The van der Waals surface area contributed by atoms with Crippen LogP contribution in [0.4, 0.5) is 4.79 Å². The first-order valence-electron chi connectivity index (χ1n) is 7.44. The molecule has 20 heavy (non-hydrogen) atoms. The van der Waals surface area contributed by atoms with Gasteiger partial charge in [0.1, 0.15) is 6.61 Å². The average Bonchev–Trinajstić information content (AvgIpc) is 2.88. The Morgan fingerprint density at radius 1 is 1.20 bits per heavy atom. The summed E-state index contributed by atoms with van der Waals surface area (Å²) in [5, 5.41) is 3.40. The number of carbonyl (C=O) groups is 1. The normalized spacial score (nSPS) is 28.7. The van der Waals surface area contributed by atoms with E-state index in [9.17, 15) is 4.79 Å². The lowest BCUT2D eigenvalue weighted by Crippen LogP contribution is -2.35. The molecule has 3 atom stereocenters. The number of ether oxygens (including phenoxy) is 2. The van der Waals surface area contributed by atoms with Crippen molar-refractivity contribution >= 4 is 6.16 Å². The maximum absolute atomic E-state index is 11.7. The van der Waals surface area contributed by atoms with E-state index < -0.39 is 6.16 Å². The standard InChI is InChI=1S/C16H21NO3/c18-16(19-11-12-6-2-1-3-7-12)20-15-10-13-8-4-5-9-14(13)17-15/h1-3,6-7,13-15,17H,4-5,8-11H2/t13-,14-,15-/m0/s1. The van der Waals surface area contributed by atoms with Crippen molar-refractivity contribution in [1.29, 1.82) is 0 Å². The fraction of sp³-hybridized carbons (Fsp3) is 0.562. The molecule has 3 rings (SSSR count). The van der Waals surface area contributed by atoms with Crippen molar-refractivity contribution in [1.82, 2.24) is 5.32 Å².